The number of nitrogens with zero attached hydrogens (tertiary/aromatic N) is 1. The number of nitrogens with one attached hydrogen (secondary N) is 1. The fourth-order valence-corrected chi connectivity index (χ4v) is 3.83. The number of hydrogen-bond donors (Lipinski definition) is 1. The van der Waals surface area contributed by atoms with E-state index in [1.165, 1.54) is 4.31 Å². The SMILES string of the molecule is CCN(c1ccc(C(=O)NC[C@H]2COc3ccccc3O2)cc1)S(C)(=O)=O. The van der Waals surface area contributed by atoms with E-state index in [9.17, 15) is 13.2 Å². The highest BCUT2D eigenvalue weighted by Crippen LogP contribution is 2.30. The van der Waals surface area contributed by atoms with E-state index in [1.807, 2.05) is 24.3 Å². The van der Waals surface area contributed by atoms with Crippen molar-refractivity contribution in [2.75, 3.05) is 30.3 Å². The fraction of sp³-hybridized carbons (Fsp3) is 0.316. The number of sulfonamides is 1. The van der Waals surface area contributed by atoms with Gasteiger partial charge in [-0.15, -0.1) is 0 Å². The minimum atomic E-state index is -3.35. The van der Waals surface area contributed by atoms with Crippen LogP contribution < -0.4 is 19.1 Å². The van der Waals surface area contributed by atoms with Gasteiger partial charge in [0.25, 0.3) is 5.91 Å². The maximum atomic E-state index is 12.3. The van der Waals surface area contributed by atoms with Gasteiger partial charge in [-0.25, -0.2) is 8.42 Å². The Hall–Kier alpha value is -2.74. The number of carbonyl (C=O) groups is 1. The number of benzene rings is 2. The van der Waals surface area contributed by atoms with Crippen molar-refractivity contribution in [3.05, 3.63) is 54.1 Å². The Morgan fingerprint density at radius 2 is 1.81 bits per heavy atom. The fourth-order valence-electron chi connectivity index (χ4n) is 2.86. The van der Waals surface area contributed by atoms with Crippen molar-refractivity contribution in [3.8, 4) is 11.5 Å². The van der Waals surface area contributed by atoms with Gasteiger partial charge >= 0.3 is 0 Å². The van der Waals surface area contributed by atoms with E-state index in [4.69, 9.17) is 9.47 Å². The normalized spacial score (nSPS) is 15.9. The zero-order valence-electron chi connectivity index (χ0n) is 15.2. The molecule has 1 aliphatic heterocycles. The quantitative estimate of drug-likeness (QED) is 0.816. The third-order valence-corrected chi connectivity index (χ3v) is 5.43. The minimum Gasteiger partial charge on any atom is -0.486 e. The van der Waals surface area contributed by atoms with Gasteiger partial charge in [-0.1, -0.05) is 12.1 Å². The van der Waals surface area contributed by atoms with Crippen LogP contribution in [0.3, 0.4) is 0 Å². The molecule has 0 fully saturated rings. The molecule has 1 amide bonds. The first-order valence-corrected chi connectivity index (χ1v) is 10.5. The second-order valence-electron chi connectivity index (χ2n) is 6.18. The van der Waals surface area contributed by atoms with Crippen LogP contribution in [0.2, 0.25) is 0 Å². The number of ether oxygens (including phenoxy) is 2. The van der Waals surface area contributed by atoms with Crippen molar-refractivity contribution in [2.24, 2.45) is 0 Å². The van der Waals surface area contributed by atoms with Crippen LogP contribution in [0.1, 0.15) is 17.3 Å². The monoisotopic (exact) mass is 390 g/mol. The highest BCUT2D eigenvalue weighted by atomic mass is 32.2. The molecule has 27 heavy (non-hydrogen) atoms. The molecule has 0 aliphatic carbocycles. The van der Waals surface area contributed by atoms with Crippen molar-refractivity contribution in [2.45, 2.75) is 13.0 Å². The van der Waals surface area contributed by atoms with Crippen LogP contribution in [0.15, 0.2) is 48.5 Å². The summed E-state index contributed by atoms with van der Waals surface area (Å²) in [5.74, 6) is 1.10. The van der Waals surface area contributed by atoms with Crippen LogP contribution in [0.5, 0.6) is 11.5 Å². The molecule has 1 heterocycles. The number of amides is 1. The second kappa shape index (κ2) is 7.87. The molecule has 7 nitrogen and oxygen atoms in total. The van der Waals surface area contributed by atoms with Crippen LogP contribution >= 0.6 is 0 Å². The number of hydrogen-bond acceptors (Lipinski definition) is 5. The first-order valence-electron chi connectivity index (χ1n) is 8.63. The molecule has 0 bridgehead atoms. The Labute approximate surface area is 158 Å². The molecule has 3 rings (SSSR count). The molecule has 2 aromatic rings. The van der Waals surface area contributed by atoms with E-state index in [0.29, 0.717) is 42.4 Å². The molecular weight excluding hydrogens is 368 g/mol. The van der Waals surface area contributed by atoms with Crippen molar-refractivity contribution in [3.63, 3.8) is 0 Å². The first-order chi connectivity index (χ1) is 12.9. The molecule has 8 heteroatoms. The molecule has 1 aliphatic rings. The summed E-state index contributed by atoms with van der Waals surface area (Å²) >= 11 is 0. The molecule has 0 aromatic heterocycles. The maximum Gasteiger partial charge on any atom is 0.251 e. The molecular formula is C19H22N2O5S. The van der Waals surface area contributed by atoms with Gasteiger partial charge in [-0.3, -0.25) is 9.10 Å². The molecule has 2 aromatic carbocycles. The molecule has 0 saturated carbocycles. The van der Waals surface area contributed by atoms with Gasteiger partial charge < -0.3 is 14.8 Å². The molecule has 1 N–H and O–H groups in total. The molecule has 1 atom stereocenters. The summed E-state index contributed by atoms with van der Waals surface area (Å²) < 4.78 is 36.2. The zero-order chi connectivity index (χ0) is 19.4. The predicted octanol–water partition coefficient (Wildman–Crippen LogP) is 2.04. The summed E-state index contributed by atoms with van der Waals surface area (Å²) in [5, 5.41) is 2.82. The van der Waals surface area contributed by atoms with Crippen LogP contribution in [0.4, 0.5) is 5.69 Å². The Kier molecular flexibility index (Phi) is 5.55. The van der Waals surface area contributed by atoms with E-state index < -0.39 is 10.0 Å². The van der Waals surface area contributed by atoms with Crippen LogP contribution in [0.25, 0.3) is 0 Å². The van der Waals surface area contributed by atoms with Crippen molar-refractivity contribution in [1.82, 2.24) is 5.32 Å². The lowest BCUT2D eigenvalue weighted by Gasteiger charge is -2.26. The number of carbonyl (C=O) groups excluding carboxylic acids is 1. The molecule has 0 radical (unpaired) electrons. The van der Waals surface area contributed by atoms with Gasteiger partial charge in [0.05, 0.1) is 18.5 Å². The lowest BCUT2D eigenvalue weighted by Crippen LogP contribution is -2.40. The van der Waals surface area contributed by atoms with Crippen molar-refractivity contribution < 1.29 is 22.7 Å². The van der Waals surface area contributed by atoms with Crippen LogP contribution in [0, 0.1) is 0 Å². The minimum absolute atomic E-state index is 0.258. The standard InChI is InChI=1S/C19H22N2O5S/c1-3-21(27(2,23)24)15-10-8-14(9-11-15)19(22)20-12-16-13-25-17-6-4-5-7-18(17)26-16/h4-11,16H,3,12-13H2,1-2H3,(H,20,22)/t16-/m0/s1. The highest BCUT2D eigenvalue weighted by Gasteiger charge is 2.21. The zero-order valence-corrected chi connectivity index (χ0v) is 16.0. The van der Waals surface area contributed by atoms with Crippen LogP contribution in [-0.4, -0.2) is 46.4 Å². The molecule has 0 saturated heterocycles. The Balaban J connectivity index is 1.59. The summed E-state index contributed by atoms with van der Waals surface area (Å²) in [4.78, 5) is 12.3. The molecule has 0 spiro atoms. The lowest BCUT2D eigenvalue weighted by atomic mass is 10.2. The van der Waals surface area contributed by atoms with Gasteiger partial charge in [-0.05, 0) is 43.3 Å². The Bertz CT molecular complexity index is 912. The number of anilines is 1. The van der Waals surface area contributed by atoms with E-state index >= 15 is 0 Å². The Morgan fingerprint density at radius 1 is 1.15 bits per heavy atom. The smallest absolute Gasteiger partial charge is 0.251 e. The average Bonchev–Trinajstić information content (AvgIpc) is 2.66. The largest absolute Gasteiger partial charge is 0.486 e. The summed E-state index contributed by atoms with van der Waals surface area (Å²) in [5.41, 5.74) is 0.970. The van der Waals surface area contributed by atoms with E-state index in [1.54, 1.807) is 31.2 Å². The molecule has 0 unspecified atom stereocenters. The topological polar surface area (TPSA) is 84.9 Å². The third-order valence-electron chi connectivity index (χ3n) is 4.16. The van der Waals surface area contributed by atoms with E-state index in [0.717, 1.165) is 6.26 Å². The van der Waals surface area contributed by atoms with Crippen molar-refractivity contribution in [1.29, 1.82) is 0 Å². The lowest BCUT2D eigenvalue weighted by molar-refractivity contribution is 0.0789. The maximum absolute atomic E-state index is 12.3. The second-order valence-corrected chi connectivity index (χ2v) is 8.09. The number of para-hydroxylation sites is 2. The third kappa shape index (κ3) is 4.51. The first kappa shape index (κ1) is 19.0. The van der Waals surface area contributed by atoms with Gasteiger partial charge in [-0.2, -0.15) is 0 Å². The summed E-state index contributed by atoms with van der Waals surface area (Å²) in [6.45, 7) is 2.74. The number of fused-ring (bicyclic) bond motifs is 1. The predicted molar refractivity (Wildman–Crippen MR) is 103 cm³/mol. The van der Waals surface area contributed by atoms with E-state index in [-0.39, 0.29) is 12.0 Å². The van der Waals surface area contributed by atoms with Crippen LogP contribution in [-0.2, 0) is 10.0 Å². The molecule has 144 valence electrons. The highest BCUT2D eigenvalue weighted by molar-refractivity contribution is 7.92. The summed E-state index contributed by atoms with van der Waals surface area (Å²) in [6, 6.07) is 13.8. The van der Waals surface area contributed by atoms with Gasteiger partial charge in [0.2, 0.25) is 10.0 Å². The van der Waals surface area contributed by atoms with Gasteiger partial charge in [0.1, 0.15) is 12.7 Å². The summed E-state index contributed by atoms with van der Waals surface area (Å²) in [6.07, 6.45) is 0.880. The van der Waals surface area contributed by atoms with Gasteiger partial charge in [0, 0.05) is 12.1 Å². The van der Waals surface area contributed by atoms with Crippen molar-refractivity contribution >= 4 is 21.6 Å². The van der Waals surface area contributed by atoms with E-state index in [2.05, 4.69) is 5.32 Å². The summed E-state index contributed by atoms with van der Waals surface area (Å²) in [7, 11) is -3.35. The average molecular weight is 390 g/mol. The number of rotatable bonds is 6. The Morgan fingerprint density at radius 3 is 2.44 bits per heavy atom. The van der Waals surface area contributed by atoms with Gasteiger partial charge in [0.15, 0.2) is 11.5 Å².